The fourth-order valence-electron chi connectivity index (χ4n) is 9.34. The number of carbonyl (C=O) groups excluding carboxylic acids is 2. The monoisotopic (exact) mass is 514 g/mol. The van der Waals surface area contributed by atoms with Crippen LogP contribution in [-0.2, 0) is 14.3 Å². The normalized spacial score (nSPS) is 39.6. The number of rotatable bonds is 7. The van der Waals surface area contributed by atoms with Gasteiger partial charge in [-0.2, -0.15) is 0 Å². The van der Waals surface area contributed by atoms with E-state index in [4.69, 9.17) is 4.74 Å². The van der Waals surface area contributed by atoms with Gasteiger partial charge in [0.15, 0.2) is 5.78 Å². The number of allylic oxidation sites excluding steroid dienone is 4. The maximum atomic E-state index is 13.7. The lowest BCUT2D eigenvalue weighted by molar-refractivity contribution is -0.165. The minimum atomic E-state index is -1.04. The molecule has 0 spiro atoms. The molecular weight excluding hydrogens is 464 g/mol. The summed E-state index contributed by atoms with van der Waals surface area (Å²) in [5, 5.41) is 21.7. The molecule has 0 aliphatic heterocycles. The van der Waals surface area contributed by atoms with Crippen LogP contribution in [0.1, 0.15) is 101 Å². The van der Waals surface area contributed by atoms with Crippen LogP contribution in [-0.4, -0.2) is 46.2 Å². The van der Waals surface area contributed by atoms with E-state index in [0.29, 0.717) is 43.5 Å². The highest BCUT2D eigenvalue weighted by molar-refractivity contribution is 6.01. The molecule has 0 radical (unpaired) electrons. The van der Waals surface area contributed by atoms with Gasteiger partial charge in [0.25, 0.3) is 0 Å². The van der Waals surface area contributed by atoms with Gasteiger partial charge in [-0.05, 0) is 80.6 Å². The molecule has 5 nitrogen and oxygen atoms in total. The fourth-order valence-corrected chi connectivity index (χ4v) is 9.34. The molecule has 5 heteroatoms. The predicted molar refractivity (Wildman–Crippen MR) is 146 cm³/mol. The molecule has 37 heavy (non-hydrogen) atoms. The Bertz CT molecular complexity index is 1020. The molecule has 0 aromatic rings. The largest absolute Gasteiger partial charge is 0.390 e. The summed E-state index contributed by atoms with van der Waals surface area (Å²) in [7, 11) is 0. The molecular formula is C32H50O5. The van der Waals surface area contributed by atoms with Crippen molar-refractivity contribution in [3.05, 3.63) is 23.3 Å². The van der Waals surface area contributed by atoms with E-state index in [1.807, 2.05) is 13.8 Å². The van der Waals surface area contributed by atoms with Gasteiger partial charge in [-0.15, -0.1) is 0 Å². The molecule has 0 saturated heterocycles. The smallest absolute Gasteiger partial charge is 0.160 e. The van der Waals surface area contributed by atoms with Crippen molar-refractivity contribution in [1.29, 1.82) is 0 Å². The summed E-state index contributed by atoms with van der Waals surface area (Å²) in [5.74, 6) is 1.05. The van der Waals surface area contributed by atoms with Gasteiger partial charge in [0.05, 0.1) is 11.7 Å². The first kappa shape index (κ1) is 28.7. The van der Waals surface area contributed by atoms with Crippen molar-refractivity contribution < 1.29 is 24.5 Å². The molecule has 2 N–H and O–H groups in total. The highest BCUT2D eigenvalue weighted by atomic mass is 16.5. The Hall–Kier alpha value is -1.30. The molecule has 4 aliphatic carbocycles. The molecule has 0 heterocycles. The highest BCUT2D eigenvalue weighted by Gasteiger charge is 2.66. The molecule has 8 atom stereocenters. The van der Waals surface area contributed by atoms with Crippen molar-refractivity contribution in [3.63, 3.8) is 0 Å². The number of aliphatic hydroxyl groups excluding tert-OH is 2. The van der Waals surface area contributed by atoms with Crippen LogP contribution in [0.4, 0.5) is 0 Å². The van der Waals surface area contributed by atoms with Crippen LogP contribution in [0.15, 0.2) is 23.3 Å². The van der Waals surface area contributed by atoms with E-state index in [9.17, 15) is 19.8 Å². The molecule has 4 rings (SSSR count). The second kappa shape index (κ2) is 9.13. The average molecular weight is 515 g/mol. The van der Waals surface area contributed by atoms with Gasteiger partial charge in [-0.25, -0.2) is 0 Å². The molecule has 0 aromatic heterocycles. The second-order valence-corrected chi connectivity index (χ2v) is 14.4. The Balaban J connectivity index is 1.68. The van der Waals surface area contributed by atoms with Crippen LogP contribution < -0.4 is 0 Å². The molecule has 208 valence electrons. The minimum Gasteiger partial charge on any atom is -0.390 e. The lowest BCUT2D eigenvalue weighted by atomic mass is 9.37. The zero-order valence-electron chi connectivity index (χ0n) is 24.6. The maximum Gasteiger partial charge on any atom is 0.160 e. The topological polar surface area (TPSA) is 83.8 Å². The Morgan fingerprint density at radius 3 is 2.38 bits per heavy atom. The van der Waals surface area contributed by atoms with E-state index >= 15 is 0 Å². The van der Waals surface area contributed by atoms with Crippen LogP contribution in [0.25, 0.3) is 0 Å². The summed E-state index contributed by atoms with van der Waals surface area (Å²) in [5.41, 5.74) is 0.447. The fraction of sp³-hybridized carbons (Fsp3) is 0.812. The van der Waals surface area contributed by atoms with Crippen LogP contribution in [0.3, 0.4) is 0 Å². The van der Waals surface area contributed by atoms with Crippen molar-refractivity contribution in [2.75, 3.05) is 6.61 Å². The van der Waals surface area contributed by atoms with E-state index < -0.39 is 17.8 Å². The van der Waals surface area contributed by atoms with Crippen LogP contribution in [0.2, 0.25) is 0 Å². The van der Waals surface area contributed by atoms with Gasteiger partial charge in [-0.1, -0.05) is 53.7 Å². The van der Waals surface area contributed by atoms with Gasteiger partial charge >= 0.3 is 0 Å². The summed E-state index contributed by atoms with van der Waals surface area (Å²) in [4.78, 5) is 26.5. The Morgan fingerprint density at radius 1 is 1.11 bits per heavy atom. The van der Waals surface area contributed by atoms with Gasteiger partial charge in [0, 0.05) is 35.9 Å². The summed E-state index contributed by atoms with van der Waals surface area (Å²) in [6, 6.07) is 0. The molecule has 0 amide bonds. The van der Waals surface area contributed by atoms with Gasteiger partial charge in [-0.3, -0.25) is 9.59 Å². The Morgan fingerprint density at radius 2 is 1.76 bits per heavy atom. The lowest BCUT2D eigenvalue weighted by Crippen LogP contribution is -2.61. The van der Waals surface area contributed by atoms with E-state index in [1.54, 1.807) is 13.8 Å². The molecule has 0 bridgehead atoms. The summed E-state index contributed by atoms with van der Waals surface area (Å²) >= 11 is 0. The van der Waals surface area contributed by atoms with Gasteiger partial charge < -0.3 is 14.9 Å². The van der Waals surface area contributed by atoms with Crippen LogP contribution >= 0.6 is 0 Å². The van der Waals surface area contributed by atoms with Crippen LogP contribution in [0, 0.1) is 39.4 Å². The number of fused-ring (bicyclic) bond motifs is 5. The zero-order chi connectivity index (χ0) is 27.8. The van der Waals surface area contributed by atoms with Crippen molar-refractivity contribution in [2.45, 2.75) is 119 Å². The van der Waals surface area contributed by atoms with Crippen molar-refractivity contribution in [2.24, 2.45) is 39.4 Å². The summed E-state index contributed by atoms with van der Waals surface area (Å²) in [6.07, 6.45) is 6.91. The Kier molecular flexibility index (Phi) is 7.08. The molecule has 0 unspecified atom stereocenters. The third-order valence-corrected chi connectivity index (χ3v) is 11.7. The van der Waals surface area contributed by atoms with E-state index in [1.165, 1.54) is 0 Å². The first-order chi connectivity index (χ1) is 17.0. The van der Waals surface area contributed by atoms with Crippen molar-refractivity contribution in [1.82, 2.24) is 0 Å². The Labute approximate surface area is 224 Å². The van der Waals surface area contributed by atoms with E-state index in [-0.39, 0.29) is 33.4 Å². The number of ether oxygens (including phenoxy) is 1. The van der Waals surface area contributed by atoms with E-state index in [0.717, 1.165) is 30.4 Å². The molecule has 2 saturated carbocycles. The number of ketones is 2. The summed E-state index contributed by atoms with van der Waals surface area (Å²) < 4.78 is 5.67. The number of Topliss-reactive ketones (excluding diaryl/α,β-unsaturated/α-hetero) is 2. The molecule has 4 aliphatic rings. The van der Waals surface area contributed by atoms with Crippen molar-refractivity contribution >= 4 is 11.6 Å². The average Bonchev–Trinajstić information content (AvgIpc) is 3.07. The van der Waals surface area contributed by atoms with Gasteiger partial charge in [0.2, 0.25) is 0 Å². The van der Waals surface area contributed by atoms with Gasteiger partial charge in [0.1, 0.15) is 11.9 Å². The molecule has 2 fully saturated rings. The number of hydrogen-bond acceptors (Lipinski definition) is 5. The number of aliphatic hydroxyl groups is 2. The lowest BCUT2D eigenvalue weighted by Gasteiger charge is -2.66. The first-order valence-electron chi connectivity index (χ1n) is 14.5. The highest BCUT2D eigenvalue weighted by Crippen LogP contribution is 2.72. The van der Waals surface area contributed by atoms with Crippen molar-refractivity contribution in [3.8, 4) is 0 Å². The third kappa shape index (κ3) is 4.05. The quantitative estimate of drug-likeness (QED) is 0.447. The number of carbonyl (C=O) groups is 2. The standard InChI is InChI=1S/C32H50O5/c1-10-37-29(5,6)27(36)21(33)17-19(2)26-20-11-12-24-30(7)15-14-25(35)28(3,4)23(30)13-16-31(24,8)32(20,9)18-22(26)34/h11-12,19,21,23-24,27,33,36H,10,13-18H2,1-9H3/t19-,21+,23+,24+,27-,30+,31+,32+/m1/s1. The predicted octanol–water partition coefficient (Wildman–Crippen LogP) is 5.82. The zero-order valence-corrected chi connectivity index (χ0v) is 24.6. The second-order valence-electron chi connectivity index (χ2n) is 14.4. The summed E-state index contributed by atoms with van der Waals surface area (Å²) in [6.45, 7) is 19.3. The SMILES string of the molecule is CCOC(C)(C)[C@H](O)[C@@H](O)C[C@@H](C)C1=C2C=C[C@H]3[C@@]4(C)CCC(=O)C(C)(C)[C@@H]4CC[C@]3(C)[C@@]2(C)CC1=O. The first-order valence-corrected chi connectivity index (χ1v) is 14.5. The third-order valence-electron chi connectivity index (χ3n) is 11.7. The molecule has 0 aromatic carbocycles. The number of hydrogen-bond donors (Lipinski definition) is 2. The minimum absolute atomic E-state index is 0.0258. The van der Waals surface area contributed by atoms with Crippen LogP contribution in [0.5, 0.6) is 0 Å². The van der Waals surface area contributed by atoms with E-state index in [2.05, 4.69) is 46.8 Å². The maximum absolute atomic E-state index is 13.7.